The molecule has 0 spiro atoms. The molecule has 0 saturated carbocycles. The topological polar surface area (TPSA) is 144 Å². The first-order valence-corrected chi connectivity index (χ1v) is 15.8. The monoisotopic (exact) mass is 663 g/mol. The zero-order chi connectivity index (χ0) is 32.5. The van der Waals surface area contributed by atoms with Crippen molar-refractivity contribution in [3.8, 4) is 11.5 Å². The number of carbonyl (C=O) groups excluding carboxylic acids is 4. The Morgan fingerprint density at radius 2 is 1.72 bits per heavy atom. The SMILES string of the molecule is CCOC(=O)c1ccc(N2C(=O)[C@H]3[C@H](c4ccc(OCC(=O)Nc5ccc(F)cc5)c(OC)c4)c4sc(=O)[nH]c4S[C@H]3C2=O)cc1. The van der Waals surface area contributed by atoms with Gasteiger partial charge in [0.1, 0.15) is 11.1 Å². The van der Waals surface area contributed by atoms with E-state index in [9.17, 15) is 28.4 Å². The van der Waals surface area contributed by atoms with Crippen LogP contribution in [0, 0.1) is 11.7 Å². The number of thioether (sulfide) groups is 1. The Balaban J connectivity index is 1.27. The second-order valence-corrected chi connectivity index (χ2v) is 12.4. The predicted molar refractivity (Wildman–Crippen MR) is 168 cm³/mol. The van der Waals surface area contributed by atoms with Crippen LogP contribution in [0.5, 0.6) is 11.5 Å². The molecule has 11 nitrogen and oxygen atoms in total. The number of thiazole rings is 1. The summed E-state index contributed by atoms with van der Waals surface area (Å²) in [7, 11) is 1.43. The number of aromatic nitrogens is 1. The maximum absolute atomic E-state index is 14.0. The molecule has 0 aliphatic carbocycles. The molecule has 3 aromatic carbocycles. The van der Waals surface area contributed by atoms with Gasteiger partial charge >= 0.3 is 10.8 Å². The van der Waals surface area contributed by atoms with Gasteiger partial charge in [0, 0.05) is 16.5 Å². The number of hydrogen-bond donors (Lipinski definition) is 2. The molecule has 2 aliphatic rings. The number of H-pyrrole nitrogens is 1. The van der Waals surface area contributed by atoms with Crippen molar-refractivity contribution in [3.05, 3.63) is 98.2 Å². The van der Waals surface area contributed by atoms with Gasteiger partial charge in [-0.25, -0.2) is 14.1 Å². The standard InChI is InChI=1S/C32H26FN3O8S2/c1-3-43-31(40)16-4-11-20(12-5-16)36-29(38)25-24(26-28(35-32(41)46-26)45-27(25)30(36)39)17-6-13-21(22(14-17)42-2)44-15-23(37)34-19-9-7-18(33)8-10-19/h4-14,24-25,27H,3,15H2,1-2H3,(H,34,37)(H,35,41)/t24-,25-,27+/m0/s1. The molecule has 1 saturated heterocycles. The van der Waals surface area contributed by atoms with Crippen molar-refractivity contribution in [2.75, 3.05) is 30.5 Å². The van der Waals surface area contributed by atoms with E-state index in [1.165, 1.54) is 55.6 Å². The maximum atomic E-state index is 14.0. The number of aromatic amines is 1. The minimum atomic E-state index is -0.848. The molecule has 3 atom stereocenters. The first kappa shape index (κ1) is 31.0. The number of halogens is 1. The molecule has 3 heterocycles. The predicted octanol–water partition coefficient (Wildman–Crippen LogP) is 4.57. The van der Waals surface area contributed by atoms with Crippen molar-refractivity contribution >= 4 is 58.2 Å². The van der Waals surface area contributed by atoms with Crippen LogP contribution >= 0.6 is 23.1 Å². The number of esters is 1. The maximum Gasteiger partial charge on any atom is 0.338 e. The molecule has 1 aromatic heterocycles. The summed E-state index contributed by atoms with van der Waals surface area (Å²) in [5.74, 6) is -3.30. The smallest absolute Gasteiger partial charge is 0.338 e. The van der Waals surface area contributed by atoms with E-state index in [2.05, 4.69) is 10.3 Å². The summed E-state index contributed by atoms with van der Waals surface area (Å²) in [6.45, 7) is 1.55. The quantitative estimate of drug-likeness (QED) is 0.194. The molecule has 46 heavy (non-hydrogen) atoms. The van der Waals surface area contributed by atoms with E-state index in [4.69, 9.17) is 14.2 Å². The van der Waals surface area contributed by atoms with Gasteiger partial charge in [-0.3, -0.25) is 19.2 Å². The van der Waals surface area contributed by atoms with Crippen LogP contribution < -0.4 is 24.6 Å². The first-order chi connectivity index (χ1) is 22.2. The number of nitrogens with zero attached hydrogens (tertiary/aromatic N) is 1. The summed E-state index contributed by atoms with van der Waals surface area (Å²) < 4.78 is 29.5. The van der Waals surface area contributed by atoms with Crippen LogP contribution in [0.4, 0.5) is 15.8 Å². The fourth-order valence-corrected chi connectivity index (χ4v) is 7.98. The molecular weight excluding hydrogens is 637 g/mol. The second-order valence-electron chi connectivity index (χ2n) is 10.3. The highest BCUT2D eigenvalue weighted by Gasteiger charge is 2.56. The van der Waals surface area contributed by atoms with Crippen LogP contribution in [0.25, 0.3) is 0 Å². The molecule has 1 fully saturated rings. The normalized spacial score (nSPS) is 18.5. The van der Waals surface area contributed by atoms with Gasteiger partial charge in [0.2, 0.25) is 11.8 Å². The van der Waals surface area contributed by atoms with Crippen molar-refractivity contribution in [1.82, 2.24) is 4.98 Å². The third-order valence-corrected chi connectivity index (χ3v) is 9.90. The number of imide groups is 1. The number of rotatable bonds is 9. The largest absolute Gasteiger partial charge is 0.493 e. The van der Waals surface area contributed by atoms with Crippen molar-refractivity contribution in [3.63, 3.8) is 0 Å². The number of carbonyl (C=O) groups is 4. The summed E-state index contributed by atoms with van der Waals surface area (Å²) in [4.78, 5) is 69.0. The van der Waals surface area contributed by atoms with Crippen molar-refractivity contribution in [2.24, 2.45) is 5.92 Å². The van der Waals surface area contributed by atoms with Gasteiger partial charge in [0.25, 0.3) is 5.91 Å². The molecular formula is C32H26FN3O8S2. The highest BCUT2D eigenvalue weighted by atomic mass is 32.2. The molecule has 0 bridgehead atoms. The van der Waals surface area contributed by atoms with Crippen LogP contribution in [-0.2, 0) is 19.1 Å². The number of ether oxygens (including phenoxy) is 3. The van der Waals surface area contributed by atoms with Gasteiger partial charge in [-0.05, 0) is 73.2 Å². The van der Waals surface area contributed by atoms with Crippen molar-refractivity contribution in [1.29, 1.82) is 0 Å². The fourth-order valence-electron chi connectivity index (χ4n) is 5.46. The summed E-state index contributed by atoms with van der Waals surface area (Å²) >= 11 is 2.12. The number of amides is 3. The van der Waals surface area contributed by atoms with Crippen LogP contribution in [0.3, 0.4) is 0 Å². The average molecular weight is 664 g/mol. The minimum Gasteiger partial charge on any atom is -0.493 e. The molecule has 4 aromatic rings. The first-order valence-electron chi connectivity index (χ1n) is 14.1. The van der Waals surface area contributed by atoms with E-state index in [1.54, 1.807) is 25.1 Å². The van der Waals surface area contributed by atoms with Crippen molar-refractivity contribution < 1.29 is 37.8 Å². The van der Waals surface area contributed by atoms with E-state index in [0.717, 1.165) is 28.0 Å². The van der Waals surface area contributed by atoms with Gasteiger partial charge in [-0.1, -0.05) is 29.2 Å². The highest BCUT2D eigenvalue weighted by molar-refractivity contribution is 8.00. The summed E-state index contributed by atoms with van der Waals surface area (Å²) in [6, 6.07) is 16.3. The number of hydrogen-bond acceptors (Lipinski definition) is 10. The lowest BCUT2D eigenvalue weighted by Gasteiger charge is -2.30. The lowest BCUT2D eigenvalue weighted by Crippen LogP contribution is -2.32. The Bertz CT molecular complexity index is 1890. The highest BCUT2D eigenvalue weighted by Crippen LogP contribution is 2.53. The Kier molecular flexibility index (Phi) is 8.65. The van der Waals surface area contributed by atoms with Gasteiger partial charge in [0.15, 0.2) is 18.1 Å². The van der Waals surface area contributed by atoms with E-state index < -0.39 is 46.6 Å². The van der Waals surface area contributed by atoms with E-state index >= 15 is 0 Å². The fraction of sp³-hybridized carbons (Fsp3) is 0.219. The molecule has 0 unspecified atom stereocenters. The number of anilines is 2. The van der Waals surface area contributed by atoms with Crippen LogP contribution in [0.1, 0.15) is 33.6 Å². The Morgan fingerprint density at radius 1 is 0.978 bits per heavy atom. The second kappa shape index (κ2) is 12.8. The lowest BCUT2D eigenvalue weighted by molar-refractivity contribution is -0.122. The van der Waals surface area contributed by atoms with E-state index in [-0.39, 0.29) is 35.1 Å². The number of methoxy groups -OCH3 is 1. The number of nitrogens with one attached hydrogen (secondary N) is 2. The Hall–Kier alpha value is -4.95. The van der Waals surface area contributed by atoms with E-state index in [1.807, 2.05) is 0 Å². The Labute approximate surface area is 269 Å². The lowest BCUT2D eigenvalue weighted by atomic mass is 9.83. The van der Waals surface area contributed by atoms with Crippen LogP contribution in [0.15, 0.2) is 76.6 Å². The molecule has 236 valence electrons. The number of fused-ring (bicyclic) bond motifs is 2. The summed E-state index contributed by atoms with van der Waals surface area (Å²) in [6.07, 6.45) is 0. The van der Waals surface area contributed by atoms with Crippen LogP contribution in [0.2, 0.25) is 0 Å². The third kappa shape index (κ3) is 5.88. The van der Waals surface area contributed by atoms with Gasteiger partial charge in [-0.2, -0.15) is 0 Å². The molecule has 2 N–H and O–H groups in total. The van der Waals surface area contributed by atoms with E-state index in [0.29, 0.717) is 26.8 Å². The molecule has 0 radical (unpaired) electrons. The van der Waals surface area contributed by atoms with Gasteiger partial charge in [0.05, 0.1) is 35.9 Å². The minimum absolute atomic E-state index is 0.211. The zero-order valence-corrected chi connectivity index (χ0v) is 26.0. The Morgan fingerprint density at radius 3 is 2.41 bits per heavy atom. The summed E-state index contributed by atoms with van der Waals surface area (Å²) in [5, 5.41) is 2.31. The molecule has 6 rings (SSSR count). The zero-order valence-electron chi connectivity index (χ0n) is 24.4. The molecule has 14 heteroatoms. The van der Waals surface area contributed by atoms with Gasteiger partial charge < -0.3 is 24.5 Å². The number of benzene rings is 3. The van der Waals surface area contributed by atoms with Gasteiger partial charge in [-0.15, -0.1) is 0 Å². The van der Waals surface area contributed by atoms with Crippen LogP contribution in [-0.4, -0.2) is 54.2 Å². The molecule has 2 aliphatic heterocycles. The third-order valence-electron chi connectivity index (χ3n) is 7.49. The average Bonchev–Trinajstić information content (AvgIpc) is 3.55. The molecule has 3 amide bonds. The summed E-state index contributed by atoms with van der Waals surface area (Å²) in [5.41, 5.74) is 1.61. The van der Waals surface area contributed by atoms with Crippen molar-refractivity contribution in [2.45, 2.75) is 23.1 Å².